The van der Waals surface area contributed by atoms with Gasteiger partial charge in [-0.05, 0) is 14.1 Å². The highest BCUT2D eigenvalue weighted by molar-refractivity contribution is 5.94. The van der Waals surface area contributed by atoms with Crippen LogP contribution in [0, 0.1) is 0 Å². The fraction of sp³-hybridized carbons (Fsp3) is 0.600. The van der Waals surface area contributed by atoms with Crippen LogP contribution < -0.4 is 5.73 Å². The Balaban J connectivity index is 3.98. The van der Waals surface area contributed by atoms with Crippen LogP contribution in [0.4, 0.5) is 0 Å². The molecule has 4 heteroatoms. The second-order valence-corrected chi connectivity index (χ2v) is 1.95. The van der Waals surface area contributed by atoms with Gasteiger partial charge < -0.3 is 10.5 Å². The van der Waals surface area contributed by atoms with Gasteiger partial charge in [0.15, 0.2) is 0 Å². The van der Waals surface area contributed by atoms with Gasteiger partial charge in [-0.15, -0.1) is 0 Å². The summed E-state index contributed by atoms with van der Waals surface area (Å²) in [5, 5.41) is 0. The van der Waals surface area contributed by atoms with Crippen molar-refractivity contribution in [2.24, 2.45) is 5.73 Å². The summed E-state index contributed by atoms with van der Waals surface area (Å²) in [6.45, 7) is 0. The number of rotatable bonds is 3. The minimum absolute atomic E-state index is 0.516. The Morgan fingerprint density at radius 1 is 1.67 bits per heavy atom. The van der Waals surface area contributed by atoms with Crippen molar-refractivity contribution in [3.05, 3.63) is 0 Å². The lowest BCUT2D eigenvalue weighted by Gasteiger charge is -2.13. The van der Waals surface area contributed by atoms with E-state index in [1.165, 1.54) is 4.90 Å². The number of nitrogens with two attached hydrogens (primary N) is 1. The van der Waals surface area contributed by atoms with E-state index in [-0.39, 0.29) is 0 Å². The van der Waals surface area contributed by atoms with E-state index in [0.29, 0.717) is 6.29 Å². The number of amides is 1. The second kappa shape index (κ2) is 3.19. The summed E-state index contributed by atoms with van der Waals surface area (Å²) in [5.41, 5.74) is 4.84. The molecular weight excluding hydrogens is 120 g/mol. The Kier molecular flexibility index (Phi) is 2.87. The van der Waals surface area contributed by atoms with Crippen LogP contribution in [-0.4, -0.2) is 37.2 Å². The molecule has 9 heavy (non-hydrogen) atoms. The highest BCUT2D eigenvalue weighted by Gasteiger charge is 2.14. The van der Waals surface area contributed by atoms with Crippen LogP contribution >= 0.6 is 0 Å². The number of nitrogens with zero attached hydrogens (tertiary/aromatic N) is 1. The van der Waals surface area contributed by atoms with E-state index in [9.17, 15) is 9.59 Å². The predicted molar refractivity (Wildman–Crippen MR) is 32.7 cm³/mol. The van der Waals surface area contributed by atoms with Crippen LogP contribution in [0.2, 0.25) is 0 Å². The molecule has 0 unspecified atom stereocenters. The molecule has 0 saturated carbocycles. The molecule has 0 aromatic rings. The lowest BCUT2D eigenvalue weighted by molar-refractivity contribution is -0.127. The van der Waals surface area contributed by atoms with Crippen molar-refractivity contribution >= 4 is 12.2 Å². The van der Waals surface area contributed by atoms with Crippen LogP contribution in [0.25, 0.3) is 0 Å². The van der Waals surface area contributed by atoms with E-state index in [2.05, 4.69) is 0 Å². The smallest absolute Gasteiger partial charge is 0.242 e. The molecule has 0 fully saturated rings. The molecule has 0 aliphatic rings. The highest BCUT2D eigenvalue weighted by Crippen LogP contribution is 1.84. The summed E-state index contributed by atoms with van der Waals surface area (Å²) in [6.07, 6.45) is 0.516. The Bertz CT molecular complexity index is 122. The first-order valence-electron chi connectivity index (χ1n) is 2.50. The van der Waals surface area contributed by atoms with E-state index < -0.39 is 11.9 Å². The van der Waals surface area contributed by atoms with E-state index in [1.807, 2.05) is 0 Å². The van der Waals surface area contributed by atoms with Crippen molar-refractivity contribution < 1.29 is 9.59 Å². The van der Waals surface area contributed by atoms with E-state index in [0.717, 1.165) is 0 Å². The minimum atomic E-state index is -0.787. The molecule has 0 aromatic heterocycles. The van der Waals surface area contributed by atoms with Gasteiger partial charge in [-0.1, -0.05) is 0 Å². The maximum Gasteiger partial charge on any atom is 0.242 e. The van der Waals surface area contributed by atoms with Gasteiger partial charge in [0, 0.05) is 0 Å². The minimum Gasteiger partial charge on any atom is -0.368 e. The number of carbonyl (C=O) groups is 2. The average Bonchev–Trinajstić information content (AvgIpc) is 1.64. The zero-order valence-corrected chi connectivity index (χ0v) is 5.50. The van der Waals surface area contributed by atoms with Gasteiger partial charge in [0.2, 0.25) is 5.91 Å². The summed E-state index contributed by atoms with van der Waals surface area (Å²) < 4.78 is 0. The molecule has 0 aromatic carbocycles. The maximum absolute atomic E-state index is 10.3. The maximum atomic E-state index is 10.3. The molecule has 0 aliphatic heterocycles. The van der Waals surface area contributed by atoms with Gasteiger partial charge in [-0.3, -0.25) is 9.69 Å². The largest absolute Gasteiger partial charge is 0.368 e. The van der Waals surface area contributed by atoms with Gasteiger partial charge in [-0.25, -0.2) is 0 Å². The first-order valence-corrected chi connectivity index (χ1v) is 2.50. The molecule has 0 bridgehead atoms. The molecule has 0 aliphatic carbocycles. The lowest BCUT2D eigenvalue weighted by atomic mass is 10.3. The number of primary amides is 1. The number of hydrogen-bond acceptors (Lipinski definition) is 3. The third-order valence-corrected chi connectivity index (χ3v) is 0.977. The third kappa shape index (κ3) is 2.23. The van der Waals surface area contributed by atoms with E-state index in [1.54, 1.807) is 14.1 Å². The van der Waals surface area contributed by atoms with Crippen molar-refractivity contribution in [1.82, 2.24) is 4.90 Å². The van der Waals surface area contributed by atoms with Gasteiger partial charge in [-0.2, -0.15) is 0 Å². The van der Waals surface area contributed by atoms with E-state index in [4.69, 9.17) is 5.73 Å². The SMILES string of the molecule is CN(C)[C@@H](C=O)C(N)=O. The topological polar surface area (TPSA) is 63.4 Å². The summed E-state index contributed by atoms with van der Waals surface area (Å²) in [7, 11) is 3.23. The van der Waals surface area contributed by atoms with Crippen molar-refractivity contribution in [3.8, 4) is 0 Å². The monoisotopic (exact) mass is 130 g/mol. The Morgan fingerprint density at radius 3 is 2.11 bits per heavy atom. The molecule has 2 N–H and O–H groups in total. The van der Waals surface area contributed by atoms with Crippen LogP contribution in [0.15, 0.2) is 0 Å². The first kappa shape index (κ1) is 8.10. The number of aldehydes is 1. The van der Waals surface area contributed by atoms with Gasteiger partial charge in [0.1, 0.15) is 12.3 Å². The zero-order chi connectivity index (χ0) is 7.44. The van der Waals surface area contributed by atoms with E-state index >= 15 is 0 Å². The second-order valence-electron chi connectivity index (χ2n) is 1.95. The summed E-state index contributed by atoms with van der Waals surface area (Å²) in [5.74, 6) is -0.616. The molecular formula is C5H10N2O2. The highest BCUT2D eigenvalue weighted by atomic mass is 16.2. The fourth-order valence-electron chi connectivity index (χ4n) is 0.443. The molecule has 0 heterocycles. The normalized spacial score (nSPS) is 13.2. The van der Waals surface area contributed by atoms with Crippen LogP contribution in [0.5, 0.6) is 0 Å². The van der Waals surface area contributed by atoms with Crippen molar-refractivity contribution in [1.29, 1.82) is 0 Å². The Morgan fingerprint density at radius 2 is 2.11 bits per heavy atom. The third-order valence-electron chi connectivity index (χ3n) is 0.977. The standard InChI is InChI=1S/C5H10N2O2/c1-7(2)4(3-8)5(6)9/h3-4H,1-2H3,(H2,6,9)/t4-/m0/s1. The molecule has 0 radical (unpaired) electrons. The zero-order valence-electron chi connectivity index (χ0n) is 5.50. The molecule has 1 atom stereocenters. The molecule has 1 amide bonds. The predicted octanol–water partition coefficient (Wildman–Crippen LogP) is -1.40. The van der Waals surface area contributed by atoms with Gasteiger partial charge >= 0.3 is 0 Å². The molecule has 0 rings (SSSR count). The Hall–Kier alpha value is -0.900. The molecule has 52 valence electrons. The van der Waals surface area contributed by atoms with Crippen molar-refractivity contribution in [2.45, 2.75) is 6.04 Å². The number of likely N-dealkylation sites (N-methyl/N-ethyl adjacent to an activating group) is 1. The first-order chi connectivity index (χ1) is 4.09. The van der Waals surface area contributed by atoms with Crippen molar-refractivity contribution in [3.63, 3.8) is 0 Å². The number of carbonyl (C=O) groups excluding carboxylic acids is 2. The Labute approximate surface area is 53.6 Å². The summed E-state index contributed by atoms with van der Waals surface area (Å²) in [6, 6.07) is -0.787. The van der Waals surface area contributed by atoms with Gasteiger partial charge in [0.25, 0.3) is 0 Å². The fourth-order valence-corrected chi connectivity index (χ4v) is 0.443. The average molecular weight is 130 g/mol. The molecule has 0 saturated heterocycles. The van der Waals surface area contributed by atoms with Crippen LogP contribution in [0.3, 0.4) is 0 Å². The van der Waals surface area contributed by atoms with Crippen molar-refractivity contribution in [2.75, 3.05) is 14.1 Å². The number of hydrogen-bond donors (Lipinski definition) is 1. The summed E-state index contributed by atoms with van der Waals surface area (Å²) >= 11 is 0. The van der Waals surface area contributed by atoms with Crippen LogP contribution in [-0.2, 0) is 9.59 Å². The summed E-state index contributed by atoms with van der Waals surface area (Å²) in [4.78, 5) is 21.8. The molecule has 0 spiro atoms. The van der Waals surface area contributed by atoms with Crippen LogP contribution in [0.1, 0.15) is 0 Å². The van der Waals surface area contributed by atoms with Gasteiger partial charge in [0.05, 0.1) is 0 Å². The quantitative estimate of drug-likeness (QED) is 0.377. The molecule has 4 nitrogen and oxygen atoms in total. The lowest BCUT2D eigenvalue weighted by Crippen LogP contribution is -2.41.